The summed E-state index contributed by atoms with van der Waals surface area (Å²) in [4.78, 5) is 14.5. The van der Waals surface area contributed by atoms with Gasteiger partial charge >= 0.3 is 0 Å². The summed E-state index contributed by atoms with van der Waals surface area (Å²) in [5.41, 5.74) is 1.59. The molecule has 64 valence electrons. The Kier molecular flexibility index (Phi) is 1.92. The number of nitrogens with zero attached hydrogens (tertiary/aromatic N) is 2. The summed E-state index contributed by atoms with van der Waals surface area (Å²) in [5.74, 6) is 0. The largest absolute Gasteiger partial charge is 0.314 e. The van der Waals surface area contributed by atoms with Crippen LogP contribution in [0.3, 0.4) is 0 Å². The van der Waals surface area contributed by atoms with Crippen molar-refractivity contribution >= 4 is 6.29 Å². The van der Waals surface area contributed by atoms with Crippen LogP contribution in [0.1, 0.15) is 10.5 Å². The molecular weight excluding hydrogens is 164 g/mol. The third kappa shape index (κ3) is 1.36. The molecule has 0 amide bonds. The first kappa shape index (κ1) is 7.73. The van der Waals surface area contributed by atoms with Crippen LogP contribution >= 0.6 is 0 Å². The minimum Gasteiger partial charge on any atom is -0.314 e. The van der Waals surface area contributed by atoms with Gasteiger partial charge in [0, 0.05) is 24.3 Å². The Morgan fingerprint density at radius 3 is 2.69 bits per heavy atom. The molecule has 0 N–H and O–H groups in total. The molecule has 0 aliphatic heterocycles. The molecule has 0 saturated carbocycles. The quantitative estimate of drug-likeness (QED) is 0.646. The topological polar surface area (TPSA) is 34.9 Å². The molecule has 3 nitrogen and oxygen atoms in total. The van der Waals surface area contributed by atoms with Crippen LogP contribution in [-0.4, -0.2) is 15.8 Å². The van der Waals surface area contributed by atoms with Crippen molar-refractivity contribution in [3.8, 4) is 5.69 Å². The molecule has 0 spiro atoms. The Morgan fingerprint density at radius 1 is 1.23 bits per heavy atom. The Labute approximate surface area is 75.7 Å². The van der Waals surface area contributed by atoms with E-state index in [1.165, 1.54) is 0 Å². The lowest BCUT2D eigenvalue weighted by Crippen LogP contribution is -1.96. The van der Waals surface area contributed by atoms with Crippen LogP contribution in [0, 0.1) is 0 Å². The maximum absolute atomic E-state index is 10.6. The molecule has 0 bridgehead atoms. The van der Waals surface area contributed by atoms with Gasteiger partial charge in [0.05, 0.1) is 5.69 Å². The van der Waals surface area contributed by atoms with Crippen molar-refractivity contribution in [3.05, 3.63) is 48.5 Å². The highest BCUT2D eigenvalue weighted by Crippen LogP contribution is 2.09. The van der Waals surface area contributed by atoms with Gasteiger partial charge in [-0.3, -0.25) is 9.78 Å². The molecule has 0 aliphatic rings. The van der Waals surface area contributed by atoms with Crippen molar-refractivity contribution in [2.45, 2.75) is 0 Å². The van der Waals surface area contributed by atoms with Gasteiger partial charge in [-0.25, -0.2) is 0 Å². The summed E-state index contributed by atoms with van der Waals surface area (Å²) in [6.07, 6.45) is 6.08. The first-order valence-electron chi connectivity index (χ1n) is 3.95. The highest BCUT2D eigenvalue weighted by molar-refractivity contribution is 5.73. The molecular formula is C10H8N2O. The summed E-state index contributed by atoms with van der Waals surface area (Å²) in [6, 6.07) is 7.32. The van der Waals surface area contributed by atoms with Crippen molar-refractivity contribution < 1.29 is 4.79 Å². The lowest BCUT2D eigenvalue weighted by Gasteiger charge is -2.03. The Bertz CT molecular complexity index is 406. The van der Waals surface area contributed by atoms with Gasteiger partial charge in [-0.1, -0.05) is 0 Å². The van der Waals surface area contributed by atoms with Crippen molar-refractivity contribution in [2.24, 2.45) is 0 Å². The third-order valence-corrected chi connectivity index (χ3v) is 1.84. The van der Waals surface area contributed by atoms with E-state index in [0.717, 1.165) is 12.0 Å². The van der Waals surface area contributed by atoms with Gasteiger partial charge < -0.3 is 4.57 Å². The lowest BCUT2D eigenvalue weighted by molar-refractivity contribution is 0.111. The van der Waals surface area contributed by atoms with E-state index in [2.05, 4.69) is 4.98 Å². The molecule has 0 unspecified atom stereocenters. The smallest absolute Gasteiger partial charge is 0.166 e. The molecule has 0 radical (unpaired) electrons. The van der Waals surface area contributed by atoms with E-state index in [1.54, 1.807) is 18.5 Å². The number of carbonyl (C=O) groups excluding carboxylic acids is 1. The molecule has 0 saturated heterocycles. The Hall–Kier alpha value is -1.90. The van der Waals surface area contributed by atoms with Gasteiger partial charge in [-0.15, -0.1) is 0 Å². The second-order valence-electron chi connectivity index (χ2n) is 2.63. The zero-order valence-electron chi connectivity index (χ0n) is 6.92. The van der Waals surface area contributed by atoms with Crippen LogP contribution in [0.5, 0.6) is 0 Å². The van der Waals surface area contributed by atoms with E-state index in [1.807, 2.05) is 29.0 Å². The maximum atomic E-state index is 10.6. The van der Waals surface area contributed by atoms with Gasteiger partial charge in [-0.05, 0) is 24.3 Å². The van der Waals surface area contributed by atoms with E-state index < -0.39 is 0 Å². The summed E-state index contributed by atoms with van der Waals surface area (Å²) < 4.78 is 1.81. The normalized spacial score (nSPS) is 9.85. The van der Waals surface area contributed by atoms with Crippen LogP contribution in [0.25, 0.3) is 5.69 Å². The van der Waals surface area contributed by atoms with E-state index in [-0.39, 0.29) is 0 Å². The lowest BCUT2D eigenvalue weighted by atomic mass is 10.4. The highest BCUT2D eigenvalue weighted by Gasteiger charge is 1.99. The number of aldehydes is 1. The number of carbonyl (C=O) groups is 1. The second kappa shape index (κ2) is 3.23. The van der Waals surface area contributed by atoms with E-state index in [9.17, 15) is 4.79 Å². The second-order valence-corrected chi connectivity index (χ2v) is 2.63. The molecule has 3 heteroatoms. The third-order valence-electron chi connectivity index (χ3n) is 1.84. The van der Waals surface area contributed by atoms with Gasteiger partial charge in [-0.2, -0.15) is 0 Å². The van der Waals surface area contributed by atoms with Gasteiger partial charge in [0.2, 0.25) is 0 Å². The molecule has 2 aromatic rings. The molecule has 0 aliphatic carbocycles. The zero-order chi connectivity index (χ0) is 9.10. The van der Waals surface area contributed by atoms with Crippen molar-refractivity contribution in [1.29, 1.82) is 0 Å². The summed E-state index contributed by atoms with van der Waals surface area (Å²) in [7, 11) is 0. The average molecular weight is 172 g/mol. The van der Waals surface area contributed by atoms with E-state index >= 15 is 0 Å². The minimum atomic E-state index is 0.645. The highest BCUT2D eigenvalue weighted by atomic mass is 16.1. The number of pyridine rings is 1. The standard InChI is InChI=1S/C10H8N2O/c13-8-10-2-1-7-12(10)9-3-5-11-6-4-9/h1-8H. The first-order chi connectivity index (χ1) is 6.42. The van der Waals surface area contributed by atoms with E-state index in [0.29, 0.717) is 5.69 Å². The average Bonchev–Trinajstić information content (AvgIpc) is 2.67. The molecule has 0 aromatic carbocycles. The number of hydrogen-bond acceptors (Lipinski definition) is 2. The van der Waals surface area contributed by atoms with Gasteiger partial charge in [0.1, 0.15) is 0 Å². The van der Waals surface area contributed by atoms with Crippen molar-refractivity contribution in [2.75, 3.05) is 0 Å². The fourth-order valence-corrected chi connectivity index (χ4v) is 1.23. The minimum absolute atomic E-state index is 0.645. The predicted molar refractivity (Wildman–Crippen MR) is 49.0 cm³/mol. The monoisotopic (exact) mass is 172 g/mol. The van der Waals surface area contributed by atoms with Crippen molar-refractivity contribution in [3.63, 3.8) is 0 Å². The fraction of sp³-hybridized carbons (Fsp3) is 0. The molecule has 2 heterocycles. The molecule has 2 rings (SSSR count). The van der Waals surface area contributed by atoms with Crippen LogP contribution in [0.4, 0.5) is 0 Å². The SMILES string of the molecule is O=Cc1cccn1-c1ccncc1. The van der Waals surface area contributed by atoms with Crippen molar-refractivity contribution in [1.82, 2.24) is 9.55 Å². The summed E-state index contributed by atoms with van der Waals surface area (Å²) in [5, 5.41) is 0. The molecule has 0 fully saturated rings. The first-order valence-corrected chi connectivity index (χ1v) is 3.95. The van der Waals surface area contributed by atoms with E-state index in [4.69, 9.17) is 0 Å². The summed E-state index contributed by atoms with van der Waals surface area (Å²) in [6.45, 7) is 0. The predicted octanol–water partition coefficient (Wildman–Crippen LogP) is 1.68. The van der Waals surface area contributed by atoms with Crippen LogP contribution in [0.2, 0.25) is 0 Å². The molecule has 13 heavy (non-hydrogen) atoms. The maximum Gasteiger partial charge on any atom is 0.166 e. The fourth-order valence-electron chi connectivity index (χ4n) is 1.23. The Morgan fingerprint density at radius 2 is 2.00 bits per heavy atom. The summed E-state index contributed by atoms with van der Waals surface area (Å²) >= 11 is 0. The van der Waals surface area contributed by atoms with Gasteiger partial charge in [0.25, 0.3) is 0 Å². The zero-order valence-corrected chi connectivity index (χ0v) is 6.92. The molecule has 0 atom stereocenters. The van der Waals surface area contributed by atoms with Gasteiger partial charge in [0.15, 0.2) is 6.29 Å². The van der Waals surface area contributed by atoms with Crippen LogP contribution < -0.4 is 0 Å². The number of aromatic nitrogens is 2. The number of hydrogen-bond donors (Lipinski definition) is 0. The Balaban J connectivity index is 2.52. The van der Waals surface area contributed by atoms with Crippen LogP contribution in [-0.2, 0) is 0 Å². The molecule has 2 aromatic heterocycles. The van der Waals surface area contributed by atoms with Crippen LogP contribution in [0.15, 0.2) is 42.9 Å². The number of rotatable bonds is 2.